The molecule has 3 aromatic carbocycles. The molecule has 1 aliphatic heterocycles. The Kier molecular flexibility index (Phi) is 5.89. The molecule has 0 spiro atoms. The number of imide groups is 1. The van der Waals surface area contributed by atoms with Crippen molar-refractivity contribution in [2.45, 2.75) is 6.92 Å². The molecule has 3 aromatic rings. The zero-order valence-electron chi connectivity index (χ0n) is 17.7. The number of nitrogens with one attached hydrogen (secondary N) is 2. The SMILES string of the molecule is CC(=O)Nc1ccc(C2=C(Nc3ccc(F)c(F)c3)C(=O)N(c3ccc(C#N)cc3)C2=O)cc1. The lowest BCUT2D eigenvalue weighted by Crippen LogP contribution is -2.32. The van der Waals surface area contributed by atoms with Crippen LogP contribution >= 0.6 is 0 Å². The highest BCUT2D eigenvalue weighted by molar-refractivity contribution is 6.46. The van der Waals surface area contributed by atoms with Crippen LogP contribution in [0.25, 0.3) is 5.57 Å². The molecule has 1 aliphatic rings. The Morgan fingerprint density at radius 1 is 0.882 bits per heavy atom. The molecule has 0 saturated heterocycles. The van der Waals surface area contributed by atoms with Crippen molar-refractivity contribution in [3.63, 3.8) is 0 Å². The monoisotopic (exact) mass is 458 g/mol. The quantitative estimate of drug-likeness (QED) is 0.558. The zero-order chi connectivity index (χ0) is 24.4. The number of hydrogen-bond acceptors (Lipinski definition) is 5. The maximum absolute atomic E-state index is 13.8. The number of carbonyl (C=O) groups excluding carboxylic acids is 3. The van der Waals surface area contributed by atoms with Crippen LogP contribution in [0, 0.1) is 23.0 Å². The molecule has 168 valence electrons. The predicted molar refractivity (Wildman–Crippen MR) is 121 cm³/mol. The third-order valence-corrected chi connectivity index (χ3v) is 5.02. The van der Waals surface area contributed by atoms with E-state index in [1.807, 2.05) is 6.07 Å². The fourth-order valence-corrected chi connectivity index (χ4v) is 3.47. The Balaban J connectivity index is 1.78. The lowest BCUT2D eigenvalue weighted by atomic mass is 10.0. The van der Waals surface area contributed by atoms with Gasteiger partial charge in [0.05, 0.1) is 22.9 Å². The first-order chi connectivity index (χ1) is 16.3. The molecule has 4 rings (SSSR count). The Bertz CT molecular complexity index is 1390. The molecule has 0 aliphatic carbocycles. The number of nitrogens with zero attached hydrogens (tertiary/aromatic N) is 2. The molecule has 7 nitrogen and oxygen atoms in total. The summed E-state index contributed by atoms with van der Waals surface area (Å²) in [5, 5.41) is 14.4. The first kappa shape index (κ1) is 22.4. The topological polar surface area (TPSA) is 102 Å². The minimum Gasteiger partial charge on any atom is -0.350 e. The van der Waals surface area contributed by atoms with Crippen LogP contribution in [-0.4, -0.2) is 17.7 Å². The van der Waals surface area contributed by atoms with Gasteiger partial charge < -0.3 is 10.6 Å². The minimum atomic E-state index is -1.12. The fourth-order valence-electron chi connectivity index (χ4n) is 3.47. The molecule has 0 saturated carbocycles. The number of amides is 3. The average Bonchev–Trinajstić information content (AvgIpc) is 3.06. The minimum absolute atomic E-state index is 0.00784. The van der Waals surface area contributed by atoms with Gasteiger partial charge in [0.2, 0.25) is 5.91 Å². The molecular formula is C25H16F2N4O3. The van der Waals surface area contributed by atoms with E-state index < -0.39 is 23.4 Å². The highest BCUT2D eigenvalue weighted by Crippen LogP contribution is 2.34. The van der Waals surface area contributed by atoms with Crippen molar-refractivity contribution in [3.8, 4) is 6.07 Å². The first-order valence-corrected chi connectivity index (χ1v) is 10.0. The van der Waals surface area contributed by atoms with Gasteiger partial charge in [-0.25, -0.2) is 13.7 Å². The van der Waals surface area contributed by atoms with Crippen LogP contribution < -0.4 is 15.5 Å². The largest absolute Gasteiger partial charge is 0.350 e. The van der Waals surface area contributed by atoms with Crippen molar-refractivity contribution in [3.05, 3.63) is 95.2 Å². The molecule has 0 unspecified atom stereocenters. The summed E-state index contributed by atoms with van der Waals surface area (Å²) in [6.07, 6.45) is 0. The standard InChI is InChI=1S/C25H16F2N4O3/c1-14(32)29-17-6-4-16(5-7-17)22-23(30-18-8-11-20(26)21(27)12-18)25(34)31(24(22)33)19-9-2-15(13-28)3-10-19/h2-12,30H,1H3,(H,29,32). The smallest absolute Gasteiger partial charge is 0.282 e. The van der Waals surface area contributed by atoms with E-state index in [1.54, 1.807) is 24.3 Å². The van der Waals surface area contributed by atoms with Crippen LogP contribution in [0.1, 0.15) is 18.1 Å². The second kappa shape index (κ2) is 8.96. The Morgan fingerprint density at radius 3 is 2.12 bits per heavy atom. The summed E-state index contributed by atoms with van der Waals surface area (Å²) >= 11 is 0. The second-order valence-electron chi connectivity index (χ2n) is 7.37. The zero-order valence-corrected chi connectivity index (χ0v) is 17.7. The molecule has 3 amide bonds. The van der Waals surface area contributed by atoms with E-state index in [1.165, 1.54) is 37.3 Å². The van der Waals surface area contributed by atoms with Crippen molar-refractivity contribution in [2.24, 2.45) is 0 Å². The second-order valence-corrected chi connectivity index (χ2v) is 7.37. The molecule has 34 heavy (non-hydrogen) atoms. The fraction of sp³-hybridized carbons (Fsp3) is 0.0400. The van der Waals surface area contributed by atoms with Gasteiger partial charge in [0.25, 0.3) is 11.8 Å². The number of carbonyl (C=O) groups is 3. The van der Waals surface area contributed by atoms with E-state index in [0.717, 1.165) is 17.0 Å². The number of hydrogen-bond donors (Lipinski definition) is 2. The van der Waals surface area contributed by atoms with E-state index >= 15 is 0 Å². The van der Waals surface area contributed by atoms with Crippen LogP contribution in [0.15, 0.2) is 72.4 Å². The van der Waals surface area contributed by atoms with Gasteiger partial charge in [-0.3, -0.25) is 14.4 Å². The van der Waals surface area contributed by atoms with Crippen LogP contribution in [0.3, 0.4) is 0 Å². The van der Waals surface area contributed by atoms with Gasteiger partial charge in [-0.05, 0) is 54.1 Å². The summed E-state index contributed by atoms with van der Waals surface area (Å²) < 4.78 is 27.1. The molecule has 1 heterocycles. The van der Waals surface area contributed by atoms with Gasteiger partial charge in [0.15, 0.2) is 11.6 Å². The summed E-state index contributed by atoms with van der Waals surface area (Å²) in [5.74, 6) is -3.80. The average molecular weight is 458 g/mol. The predicted octanol–water partition coefficient (Wildman–Crippen LogP) is 4.19. The van der Waals surface area contributed by atoms with E-state index in [4.69, 9.17) is 5.26 Å². The Morgan fingerprint density at radius 2 is 1.53 bits per heavy atom. The lowest BCUT2D eigenvalue weighted by Gasteiger charge is -2.15. The summed E-state index contributed by atoms with van der Waals surface area (Å²) in [7, 11) is 0. The van der Waals surface area contributed by atoms with Crippen molar-refractivity contribution in [2.75, 3.05) is 15.5 Å². The summed E-state index contributed by atoms with van der Waals surface area (Å²) in [5.41, 5.74) is 1.40. The van der Waals surface area contributed by atoms with Crippen LogP contribution in [0.2, 0.25) is 0 Å². The third-order valence-electron chi connectivity index (χ3n) is 5.02. The van der Waals surface area contributed by atoms with Gasteiger partial charge in [0.1, 0.15) is 5.70 Å². The number of benzene rings is 3. The van der Waals surface area contributed by atoms with Gasteiger partial charge >= 0.3 is 0 Å². The van der Waals surface area contributed by atoms with Gasteiger partial charge in [-0.1, -0.05) is 12.1 Å². The van der Waals surface area contributed by atoms with E-state index in [9.17, 15) is 23.2 Å². The molecular weight excluding hydrogens is 442 g/mol. The van der Waals surface area contributed by atoms with Crippen LogP contribution in [-0.2, 0) is 14.4 Å². The third kappa shape index (κ3) is 4.25. The molecule has 9 heteroatoms. The van der Waals surface area contributed by atoms with Crippen molar-refractivity contribution in [1.29, 1.82) is 5.26 Å². The van der Waals surface area contributed by atoms with E-state index in [0.29, 0.717) is 16.8 Å². The summed E-state index contributed by atoms with van der Waals surface area (Å²) in [4.78, 5) is 38.9. The number of anilines is 3. The van der Waals surface area contributed by atoms with Crippen LogP contribution in [0.5, 0.6) is 0 Å². The summed E-state index contributed by atoms with van der Waals surface area (Å²) in [6, 6.07) is 17.1. The normalized spacial score (nSPS) is 13.2. The maximum atomic E-state index is 13.8. The van der Waals surface area contributed by atoms with Crippen molar-refractivity contribution in [1.82, 2.24) is 0 Å². The summed E-state index contributed by atoms with van der Waals surface area (Å²) in [6.45, 7) is 1.36. The Hall–Kier alpha value is -4.84. The first-order valence-electron chi connectivity index (χ1n) is 10.0. The highest BCUT2D eigenvalue weighted by atomic mass is 19.2. The van der Waals surface area contributed by atoms with Gasteiger partial charge in [-0.2, -0.15) is 5.26 Å². The van der Waals surface area contributed by atoms with Crippen LogP contribution in [0.4, 0.5) is 25.8 Å². The number of halogens is 2. The van der Waals surface area contributed by atoms with Crippen molar-refractivity contribution < 1.29 is 23.2 Å². The molecule has 0 radical (unpaired) electrons. The number of rotatable bonds is 5. The van der Waals surface area contributed by atoms with E-state index in [-0.39, 0.29) is 28.6 Å². The highest BCUT2D eigenvalue weighted by Gasteiger charge is 2.40. The molecule has 0 fully saturated rings. The molecule has 0 bridgehead atoms. The molecule has 0 atom stereocenters. The van der Waals surface area contributed by atoms with Gasteiger partial charge in [0, 0.05) is 24.4 Å². The van der Waals surface area contributed by atoms with Gasteiger partial charge in [-0.15, -0.1) is 0 Å². The molecule has 2 N–H and O–H groups in total. The molecule has 0 aromatic heterocycles. The maximum Gasteiger partial charge on any atom is 0.282 e. The van der Waals surface area contributed by atoms with E-state index in [2.05, 4.69) is 10.6 Å². The lowest BCUT2D eigenvalue weighted by molar-refractivity contribution is -0.120. The number of nitriles is 1. The Labute approximate surface area is 192 Å². The van der Waals surface area contributed by atoms with Crippen molar-refractivity contribution >= 4 is 40.4 Å².